The van der Waals surface area contributed by atoms with Gasteiger partial charge in [-0.2, -0.15) is 0 Å². The Morgan fingerprint density at radius 3 is 2.76 bits per heavy atom. The number of benzene rings is 1. The second-order valence-corrected chi connectivity index (χ2v) is 5.29. The molecule has 3 nitrogen and oxygen atoms in total. The summed E-state index contributed by atoms with van der Waals surface area (Å²) >= 11 is 9.23. The predicted molar refractivity (Wildman–Crippen MR) is 75.2 cm³/mol. The van der Waals surface area contributed by atoms with Crippen LogP contribution in [0.4, 0.5) is 5.69 Å². The van der Waals surface area contributed by atoms with Crippen LogP contribution in [0.25, 0.3) is 0 Å². The molecule has 1 rings (SSSR count). The third-order valence-electron chi connectivity index (χ3n) is 2.75. The monoisotopic (exact) mass is 318 g/mol. The molecule has 1 aromatic rings. The number of rotatable bonds is 4. The smallest absolute Gasteiger partial charge is 0.241 e. The Balaban J connectivity index is 2.71. The van der Waals surface area contributed by atoms with Crippen LogP contribution < -0.4 is 11.1 Å². The van der Waals surface area contributed by atoms with Crippen LogP contribution in [0.1, 0.15) is 20.3 Å². The van der Waals surface area contributed by atoms with Crippen molar-refractivity contribution in [3.05, 3.63) is 27.7 Å². The zero-order valence-electron chi connectivity index (χ0n) is 9.84. The minimum Gasteiger partial charge on any atom is -0.325 e. The van der Waals surface area contributed by atoms with E-state index in [1.54, 1.807) is 18.2 Å². The highest BCUT2D eigenvalue weighted by Crippen LogP contribution is 2.25. The molecule has 5 heteroatoms. The maximum atomic E-state index is 11.8. The van der Waals surface area contributed by atoms with E-state index in [0.29, 0.717) is 10.7 Å². The Labute approximate surface area is 115 Å². The number of carbonyl (C=O) groups excluding carboxylic acids is 1. The van der Waals surface area contributed by atoms with E-state index in [2.05, 4.69) is 21.2 Å². The Bertz CT molecular complexity index is 411. The van der Waals surface area contributed by atoms with Gasteiger partial charge in [0, 0.05) is 10.2 Å². The first-order valence-corrected chi connectivity index (χ1v) is 6.64. The highest BCUT2D eigenvalue weighted by atomic mass is 79.9. The van der Waals surface area contributed by atoms with Gasteiger partial charge in [0.2, 0.25) is 5.91 Å². The maximum absolute atomic E-state index is 11.8. The lowest BCUT2D eigenvalue weighted by Crippen LogP contribution is -2.40. The average molecular weight is 320 g/mol. The minimum atomic E-state index is -0.498. The largest absolute Gasteiger partial charge is 0.325 e. The Morgan fingerprint density at radius 1 is 1.59 bits per heavy atom. The van der Waals surface area contributed by atoms with Crippen LogP contribution in [-0.4, -0.2) is 11.9 Å². The molecule has 0 aliphatic carbocycles. The van der Waals surface area contributed by atoms with E-state index in [1.807, 2.05) is 13.8 Å². The molecule has 0 aliphatic rings. The van der Waals surface area contributed by atoms with Crippen LogP contribution in [0, 0.1) is 5.92 Å². The van der Waals surface area contributed by atoms with Crippen molar-refractivity contribution in [2.75, 3.05) is 5.32 Å². The summed E-state index contributed by atoms with van der Waals surface area (Å²) in [6.45, 7) is 3.97. The lowest BCUT2D eigenvalue weighted by Gasteiger charge is -2.17. The van der Waals surface area contributed by atoms with Crippen LogP contribution >= 0.6 is 27.5 Å². The fraction of sp³-hybridized carbons (Fsp3) is 0.417. The van der Waals surface area contributed by atoms with Crippen molar-refractivity contribution in [1.29, 1.82) is 0 Å². The third-order valence-corrected chi connectivity index (χ3v) is 3.98. The number of nitrogens with one attached hydrogen (secondary N) is 1. The number of hydrogen-bond acceptors (Lipinski definition) is 2. The molecule has 0 aliphatic heterocycles. The van der Waals surface area contributed by atoms with Crippen molar-refractivity contribution in [2.24, 2.45) is 11.7 Å². The van der Waals surface area contributed by atoms with Crippen molar-refractivity contribution in [3.63, 3.8) is 0 Å². The summed E-state index contributed by atoms with van der Waals surface area (Å²) in [5, 5.41) is 3.31. The summed E-state index contributed by atoms with van der Waals surface area (Å²) in [4.78, 5) is 11.8. The van der Waals surface area contributed by atoms with Gasteiger partial charge in [0.1, 0.15) is 0 Å². The van der Waals surface area contributed by atoms with E-state index in [0.717, 1.165) is 10.9 Å². The fourth-order valence-corrected chi connectivity index (χ4v) is 1.74. The van der Waals surface area contributed by atoms with Crippen molar-refractivity contribution in [3.8, 4) is 0 Å². The van der Waals surface area contributed by atoms with Gasteiger partial charge in [-0.15, -0.1) is 0 Å². The number of halogens is 2. The molecular formula is C12H16BrClN2O. The first-order valence-electron chi connectivity index (χ1n) is 5.47. The molecule has 1 aromatic carbocycles. The maximum Gasteiger partial charge on any atom is 0.241 e. The predicted octanol–water partition coefficient (Wildman–Crippen LogP) is 3.41. The molecule has 0 saturated heterocycles. The van der Waals surface area contributed by atoms with Crippen molar-refractivity contribution < 1.29 is 4.79 Å². The number of anilines is 1. The summed E-state index contributed by atoms with van der Waals surface area (Å²) < 4.78 is 0.795. The van der Waals surface area contributed by atoms with E-state index >= 15 is 0 Å². The number of nitrogens with two attached hydrogens (primary N) is 1. The molecule has 0 aromatic heterocycles. The molecule has 0 bridgehead atoms. The van der Waals surface area contributed by atoms with Crippen LogP contribution in [0.2, 0.25) is 5.02 Å². The van der Waals surface area contributed by atoms with Crippen molar-refractivity contribution in [2.45, 2.75) is 26.3 Å². The molecule has 0 heterocycles. The molecule has 2 atom stereocenters. The molecule has 0 radical (unpaired) electrons. The van der Waals surface area contributed by atoms with E-state index in [-0.39, 0.29) is 11.8 Å². The van der Waals surface area contributed by atoms with E-state index in [1.165, 1.54) is 0 Å². The van der Waals surface area contributed by atoms with Crippen LogP contribution in [0.15, 0.2) is 22.7 Å². The lowest BCUT2D eigenvalue weighted by atomic mass is 9.99. The van der Waals surface area contributed by atoms with Crippen molar-refractivity contribution >= 4 is 39.1 Å². The van der Waals surface area contributed by atoms with Gasteiger partial charge >= 0.3 is 0 Å². The van der Waals surface area contributed by atoms with Crippen LogP contribution in [0.3, 0.4) is 0 Å². The average Bonchev–Trinajstić information content (AvgIpc) is 2.31. The highest BCUT2D eigenvalue weighted by Gasteiger charge is 2.19. The number of hydrogen-bond donors (Lipinski definition) is 2. The molecular weight excluding hydrogens is 304 g/mol. The second kappa shape index (κ2) is 6.38. The molecule has 0 spiro atoms. The Kier molecular flexibility index (Phi) is 5.43. The summed E-state index contributed by atoms with van der Waals surface area (Å²) in [7, 11) is 0. The first-order chi connectivity index (χ1) is 7.95. The molecule has 17 heavy (non-hydrogen) atoms. The highest BCUT2D eigenvalue weighted by molar-refractivity contribution is 9.10. The number of carbonyl (C=O) groups is 1. The normalized spacial score (nSPS) is 14.2. The van der Waals surface area contributed by atoms with Gasteiger partial charge < -0.3 is 11.1 Å². The van der Waals surface area contributed by atoms with Gasteiger partial charge in [-0.3, -0.25) is 4.79 Å². The van der Waals surface area contributed by atoms with E-state index in [4.69, 9.17) is 17.3 Å². The fourth-order valence-electron chi connectivity index (χ4n) is 1.31. The van der Waals surface area contributed by atoms with E-state index in [9.17, 15) is 4.79 Å². The quantitative estimate of drug-likeness (QED) is 0.893. The summed E-state index contributed by atoms with van der Waals surface area (Å²) in [6.07, 6.45) is 0.871. The van der Waals surface area contributed by atoms with Gasteiger partial charge in [-0.05, 0) is 40.0 Å². The Morgan fingerprint density at radius 2 is 2.24 bits per heavy atom. The lowest BCUT2D eigenvalue weighted by molar-refractivity contribution is -0.118. The topological polar surface area (TPSA) is 55.1 Å². The third kappa shape index (κ3) is 3.98. The zero-order valence-corrected chi connectivity index (χ0v) is 12.2. The van der Waals surface area contributed by atoms with E-state index < -0.39 is 6.04 Å². The molecule has 0 fully saturated rings. The van der Waals surface area contributed by atoms with Gasteiger partial charge in [-0.25, -0.2) is 0 Å². The standard InChI is InChI=1S/C12H16BrClN2O/c1-3-7(2)11(15)12(17)16-8-4-5-9(13)10(14)6-8/h4-7,11H,3,15H2,1-2H3,(H,16,17)/t7-,11-/m0/s1. The minimum absolute atomic E-state index is 0.154. The second-order valence-electron chi connectivity index (χ2n) is 4.03. The summed E-state index contributed by atoms with van der Waals surface area (Å²) in [5.41, 5.74) is 6.49. The van der Waals surface area contributed by atoms with Crippen molar-refractivity contribution in [1.82, 2.24) is 0 Å². The summed E-state index contributed by atoms with van der Waals surface area (Å²) in [6, 6.07) is 4.75. The SMILES string of the molecule is CC[C@H](C)[C@H](N)C(=O)Nc1ccc(Br)c(Cl)c1. The molecule has 0 unspecified atom stereocenters. The molecule has 94 valence electrons. The molecule has 0 saturated carbocycles. The van der Waals surface area contributed by atoms with Gasteiger partial charge in [0.25, 0.3) is 0 Å². The molecule has 3 N–H and O–H groups in total. The Hall–Kier alpha value is -0.580. The van der Waals surface area contributed by atoms with Gasteiger partial charge in [0.15, 0.2) is 0 Å². The molecule has 1 amide bonds. The first kappa shape index (κ1) is 14.5. The zero-order chi connectivity index (χ0) is 13.0. The van der Waals surface area contributed by atoms with Gasteiger partial charge in [-0.1, -0.05) is 31.9 Å². The van der Waals surface area contributed by atoms with Gasteiger partial charge in [0.05, 0.1) is 11.1 Å². The number of amides is 1. The van der Waals surface area contributed by atoms with Crippen LogP contribution in [-0.2, 0) is 4.79 Å². The summed E-state index contributed by atoms with van der Waals surface area (Å²) in [5.74, 6) is -0.0290. The van der Waals surface area contributed by atoms with Crippen LogP contribution in [0.5, 0.6) is 0 Å².